The Labute approximate surface area is 142 Å². The van der Waals surface area contributed by atoms with Gasteiger partial charge >= 0.3 is 11.6 Å². The van der Waals surface area contributed by atoms with Crippen LogP contribution in [0.25, 0.3) is 0 Å². The van der Waals surface area contributed by atoms with Gasteiger partial charge in [-0.3, -0.25) is 10.2 Å². The molecule has 0 saturated heterocycles. The molecule has 25 heavy (non-hydrogen) atoms. The predicted octanol–water partition coefficient (Wildman–Crippen LogP) is 2.77. The maximum absolute atomic E-state index is 14.4. The molecule has 1 aliphatic heterocycles. The number of carbonyl (C=O) groups is 1. The minimum atomic E-state index is -1.27. The molecule has 1 N–H and O–H groups in total. The third kappa shape index (κ3) is 2.93. The van der Waals surface area contributed by atoms with E-state index in [1.807, 2.05) is 0 Å². The number of carbonyl (C=O) groups excluding carboxylic acids is 1. The van der Waals surface area contributed by atoms with E-state index in [0.717, 1.165) is 0 Å². The Morgan fingerprint density at radius 3 is 2.76 bits per heavy atom. The number of nitrogens with one attached hydrogen (secondary N) is 1. The summed E-state index contributed by atoms with van der Waals surface area (Å²) in [5.41, 5.74) is -0.624. The summed E-state index contributed by atoms with van der Waals surface area (Å²) in [5.74, 6) is -3.70. The van der Waals surface area contributed by atoms with Crippen molar-refractivity contribution in [2.75, 3.05) is 6.61 Å². The monoisotopic (exact) mass is 345 g/mol. The molecule has 2 unspecified atom stereocenters. The van der Waals surface area contributed by atoms with E-state index in [1.165, 1.54) is 24.3 Å². The topological polar surface area (TPSA) is 89.6 Å². The Hall–Kier alpha value is -2.96. The van der Waals surface area contributed by atoms with Crippen LogP contribution in [0.5, 0.6) is 5.75 Å². The lowest BCUT2D eigenvalue weighted by molar-refractivity contribution is -0.146. The molecule has 2 aromatic rings. The van der Waals surface area contributed by atoms with Crippen molar-refractivity contribution in [1.82, 2.24) is 0 Å². The highest BCUT2D eigenvalue weighted by molar-refractivity contribution is 6.00. The van der Waals surface area contributed by atoms with Crippen molar-refractivity contribution in [3.05, 3.63) is 63.5 Å². The summed E-state index contributed by atoms with van der Waals surface area (Å²) < 4.78 is 29.9. The van der Waals surface area contributed by atoms with Gasteiger partial charge in [0.1, 0.15) is 23.2 Å². The van der Waals surface area contributed by atoms with Gasteiger partial charge in [0.25, 0.3) is 0 Å². The fraction of sp³-hybridized carbons (Fsp3) is 0.278. The van der Waals surface area contributed by atoms with Gasteiger partial charge in [0.05, 0.1) is 12.2 Å². The van der Waals surface area contributed by atoms with Gasteiger partial charge in [0.2, 0.25) is 5.90 Å². The smallest absolute Gasteiger partial charge is 0.343 e. The van der Waals surface area contributed by atoms with Crippen LogP contribution < -0.4 is 10.4 Å². The summed E-state index contributed by atoms with van der Waals surface area (Å²) in [6.07, 6.45) is 0. The molecule has 2 atom stereocenters. The van der Waals surface area contributed by atoms with Crippen LogP contribution in [0.2, 0.25) is 0 Å². The minimum Gasteiger partial charge on any atom is -0.465 e. The molecule has 0 saturated carbocycles. The Bertz CT molecular complexity index is 905. The molecular weight excluding hydrogens is 329 g/mol. The number of esters is 1. The molecule has 1 aromatic heterocycles. The first-order valence-electron chi connectivity index (χ1n) is 7.76. The number of halogens is 1. The number of benzene rings is 1. The normalized spacial score (nSPS) is 19.1. The second-order valence-corrected chi connectivity index (χ2v) is 5.62. The van der Waals surface area contributed by atoms with Gasteiger partial charge in [0.15, 0.2) is 0 Å². The predicted molar refractivity (Wildman–Crippen MR) is 86.4 cm³/mol. The fourth-order valence-corrected chi connectivity index (χ4v) is 3.00. The summed E-state index contributed by atoms with van der Waals surface area (Å²) in [5, 5.41) is 8.10. The van der Waals surface area contributed by atoms with Crippen molar-refractivity contribution in [3.8, 4) is 5.75 Å². The van der Waals surface area contributed by atoms with Crippen LogP contribution in [0.1, 0.15) is 29.7 Å². The van der Waals surface area contributed by atoms with Crippen LogP contribution in [-0.2, 0) is 9.53 Å². The van der Waals surface area contributed by atoms with Crippen molar-refractivity contribution in [2.24, 2.45) is 5.92 Å². The molecule has 7 heteroatoms. The molecule has 6 nitrogen and oxygen atoms in total. The van der Waals surface area contributed by atoms with Crippen molar-refractivity contribution in [2.45, 2.75) is 19.8 Å². The maximum Gasteiger partial charge on any atom is 0.343 e. The molecule has 0 radical (unpaired) electrons. The lowest BCUT2D eigenvalue weighted by atomic mass is 9.79. The second kappa shape index (κ2) is 6.51. The van der Waals surface area contributed by atoms with E-state index in [1.54, 1.807) is 19.9 Å². The van der Waals surface area contributed by atoms with Gasteiger partial charge in [-0.05, 0) is 25.5 Å². The first kappa shape index (κ1) is 16.9. The molecular formula is C18H16FNO5. The van der Waals surface area contributed by atoms with E-state index in [2.05, 4.69) is 0 Å². The summed E-state index contributed by atoms with van der Waals surface area (Å²) in [6, 6.07) is 7.23. The average Bonchev–Trinajstić information content (AvgIpc) is 2.53. The summed E-state index contributed by atoms with van der Waals surface area (Å²) in [7, 11) is 0. The second-order valence-electron chi connectivity index (χ2n) is 5.62. The Kier molecular flexibility index (Phi) is 4.39. The van der Waals surface area contributed by atoms with Crippen LogP contribution in [0.3, 0.4) is 0 Å². The Morgan fingerprint density at radius 1 is 1.36 bits per heavy atom. The van der Waals surface area contributed by atoms with E-state index in [9.17, 15) is 14.0 Å². The van der Waals surface area contributed by atoms with E-state index in [-0.39, 0.29) is 23.5 Å². The molecule has 0 spiro atoms. The van der Waals surface area contributed by atoms with Crippen molar-refractivity contribution in [3.63, 3.8) is 0 Å². The highest BCUT2D eigenvalue weighted by atomic mass is 19.1. The fourth-order valence-electron chi connectivity index (χ4n) is 3.00. The van der Waals surface area contributed by atoms with Crippen molar-refractivity contribution in [1.29, 1.82) is 5.41 Å². The third-order valence-electron chi connectivity index (χ3n) is 4.00. The van der Waals surface area contributed by atoms with Crippen LogP contribution in [0, 0.1) is 24.1 Å². The van der Waals surface area contributed by atoms with Crippen molar-refractivity contribution >= 4 is 11.9 Å². The van der Waals surface area contributed by atoms with E-state index < -0.39 is 35.1 Å². The number of fused-ring (bicyclic) bond motifs is 1. The van der Waals surface area contributed by atoms with Crippen LogP contribution in [0.15, 0.2) is 39.5 Å². The van der Waals surface area contributed by atoms with Gasteiger partial charge in [-0.15, -0.1) is 0 Å². The first-order valence-corrected chi connectivity index (χ1v) is 7.76. The van der Waals surface area contributed by atoms with Crippen LogP contribution in [-0.4, -0.2) is 18.5 Å². The highest BCUT2D eigenvalue weighted by Crippen LogP contribution is 2.42. The Balaban J connectivity index is 2.27. The Morgan fingerprint density at radius 2 is 2.08 bits per heavy atom. The molecule has 3 rings (SSSR count). The zero-order valence-electron chi connectivity index (χ0n) is 13.7. The van der Waals surface area contributed by atoms with Crippen LogP contribution >= 0.6 is 0 Å². The number of rotatable bonds is 3. The third-order valence-corrected chi connectivity index (χ3v) is 4.00. The van der Waals surface area contributed by atoms with E-state index in [4.69, 9.17) is 19.3 Å². The van der Waals surface area contributed by atoms with Gasteiger partial charge in [-0.1, -0.05) is 18.2 Å². The number of aryl methyl sites for hydroxylation is 1. The largest absolute Gasteiger partial charge is 0.465 e. The first-order chi connectivity index (χ1) is 11.9. The van der Waals surface area contributed by atoms with Crippen molar-refractivity contribution < 1.29 is 23.1 Å². The summed E-state index contributed by atoms with van der Waals surface area (Å²) >= 11 is 0. The molecule has 0 fully saturated rings. The zero-order valence-corrected chi connectivity index (χ0v) is 13.7. The van der Waals surface area contributed by atoms with Crippen LogP contribution in [0.4, 0.5) is 4.39 Å². The maximum atomic E-state index is 14.4. The molecule has 1 aromatic carbocycles. The SMILES string of the molecule is CCOC(=O)C1C(=N)Oc2cc(C)oc(=O)c2C1c1ccccc1F. The highest BCUT2D eigenvalue weighted by Gasteiger charge is 2.45. The quantitative estimate of drug-likeness (QED) is 0.864. The molecule has 2 heterocycles. The van der Waals surface area contributed by atoms with Gasteiger partial charge in [-0.2, -0.15) is 0 Å². The van der Waals surface area contributed by atoms with E-state index >= 15 is 0 Å². The number of hydrogen-bond donors (Lipinski definition) is 1. The number of hydrogen-bond acceptors (Lipinski definition) is 6. The van der Waals surface area contributed by atoms with Gasteiger partial charge < -0.3 is 13.9 Å². The zero-order chi connectivity index (χ0) is 18.1. The summed E-state index contributed by atoms with van der Waals surface area (Å²) in [6.45, 7) is 3.27. The minimum absolute atomic E-state index is 0.00440. The van der Waals surface area contributed by atoms with E-state index in [0.29, 0.717) is 5.76 Å². The molecule has 1 aliphatic rings. The average molecular weight is 345 g/mol. The number of ether oxygens (including phenoxy) is 2. The lowest BCUT2D eigenvalue weighted by Crippen LogP contribution is -2.41. The molecule has 0 bridgehead atoms. The molecule has 130 valence electrons. The lowest BCUT2D eigenvalue weighted by Gasteiger charge is -2.31. The molecule has 0 aliphatic carbocycles. The van der Waals surface area contributed by atoms with Gasteiger partial charge in [-0.25, -0.2) is 9.18 Å². The summed E-state index contributed by atoms with van der Waals surface area (Å²) in [4.78, 5) is 24.8. The molecule has 0 amide bonds. The van der Waals surface area contributed by atoms with Gasteiger partial charge in [0, 0.05) is 12.0 Å². The standard InChI is InChI=1S/C18H16FNO5/c1-3-23-17(21)15-13(10-6-4-5-7-11(10)19)14-12(25-16(15)20)8-9(2)24-18(14)22/h4-8,13,15,20H,3H2,1-2H3.